The van der Waals surface area contributed by atoms with E-state index in [4.69, 9.17) is 16.7 Å². The molecular weight excluding hydrogens is 353 g/mol. The smallest absolute Gasteiger partial charge is 0.337 e. The maximum atomic E-state index is 11.9. The number of carboxylic acid groups (broad SMARTS) is 2. The van der Waals surface area contributed by atoms with Crippen molar-refractivity contribution in [1.29, 1.82) is 0 Å². The molecule has 1 aromatic rings. The van der Waals surface area contributed by atoms with Crippen LogP contribution in [0.4, 0.5) is 5.69 Å². The molecule has 1 atom stereocenters. The monoisotopic (exact) mass is 361 g/mol. The van der Waals surface area contributed by atoms with Crippen molar-refractivity contribution in [2.24, 2.45) is 5.92 Å². The van der Waals surface area contributed by atoms with Gasteiger partial charge in [0.25, 0.3) is 0 Å². The quantitative estimate of drug-likeness (QED) is 0.860. The third-order valence-electron chi connectivity index (χ3n) is 3.00. The minimum Gasteiger partial charge on any atom is -0.481 e. The fourth-order valence-electron chi connectivity index (χ4n) is 2.09. The van der Waals surface area contributed by atoms with Crippen LogP contribution in [0, 0.1) is 5.92 Å². The van der Waals surface area contributed by atoms with Crippen LogP contribution < -0.4 is 4.90 Å². The van der Waals surface area contributed by atoms with Gasteiger partial charge < -0.3 is 15.1 Å². The molecule has 1 aliphatic heterocycles. The molecule has 106 valence electrons. The lowest BCUT2D eigenvalue weighted by atomic mass is 10.1. The number of amides is 1. The average molecular weight is 363 g/mol. The molecule has 2 N–H and O–H groups in total. The summed E-state index contributed by atoms with van der Waals surface area (Å²) in [5, 5.41) is 18.4. The summed E-state index contributed by atoms with van der Waals surface area (Å²) in [4.78, 5) is 35.3. The molecule has 0 radical (unpaired) electrons. The highest BCUT2D eigenvalue weighted by Gasteiger charge is 2.37. The van der Waals surface area contributed by atoms with E-state index in [1.54, 1.807) is 0 Å². The van der Waals surface area contributed by atoms with E-state index in [9.17, 15) is 19.5 Å². The van der Waals surface area contributed by atoms with Crippen LogP contribution in [0.15, 0.2) is 16.6 Å². The summed E-state index contributed by atoms with van der Waals surface area (Å²) in [6.45, 7) is -0.0608. The molecule has 1 aliphatic rings. The van der Waals surface area contributed by atoms with E-state index in [0.717, 1.165) is 0 Å². The Morgan fingerprint density at radius 2 is 2.00 bits per heavy atom. The van der Waals surface area contributed by atoms with Gasteiger partial charge in [0.15, 0.2) is 0 Å². The van der Waals surface area contributed by atoms with Crippen molar-refractivity contribution in [2.75, 3.05) is 11.4 Å². The third-order valence-corrected chi connectivity index (χ3v) is 3.83. The summed E-state index contributed by atoms with van der Waals surface area (Å²) >= 11 is 8.97. The van der Waals surface area contributed by atoms with Gasteiger partial charge in [-0.25, -0.2) is 4.79 Å². The molecular formula is C12H9BrClNO5. The van der Waals surface area contributed by atoms with Crippen LogP contribution in [0.3, 0.4) is 0 Å². The van der Waals surface area contributed by atoms with Gasteiger partial charge in [-0.2, -0.15) is 0 Å². The van der Waals surface area contributed by atoms with Crippen molar-refractivity contribution in [3.8, 4) is 0 Å². The van der Waals surface area contributed by atoms with Crippen molar-refractivity contribution in [3.63, 3.8) is 0 Å². The fourth-order valence-corrected chi connectivity index (χ4v) is 3.12. The normalized spacial score (nSPS) is 18.4. The number of aromatic carboxylic acids is 1. The first-order valence-corrected chi connectivity index (χ1v) is 6.74. The molecule has 0 saturated carbocycles. The molecule has 0 spiro atoms. The number of aliphatic carboxylic acids is 1. The highest BCUT2D eigenvalue weighted by molar-refractivity contribution is 9.10. The minimum absolute atomic E-state index is 0.0608. The van der Waals surface area contributed by atoms with Crippen molar-refractivity contribution in [3.05, 3.63) is 27.2 Å². The highest BCUT2D eigenvalue weighted by atomic mass is 79.9. The van der Waals surface area contributed by atoms with Crippen molar-refractivity contribution >= 4 is 51.1 Å². The van der Waals surface area contributed by atoms with Crippen LogP contribution >= 0.6 is 27.5 Å². The molecule has 6 nitrogen and oxygen atoms in total. The zero-order valence-corrected chi connectivity index (χ0v) is 12.3. The van der Waals surface area contributed by atoms with Crippen LogP contribution in [0.25, 0.3) is 0 Å². The number of carboxylic acids is 2. The lowest BCUT2D eigenvalue weighted by Gasteiger charge is -2.20. The summed E-state index contributed by atoms with van der Waals surface area (Å²) < 4.78 is 0.335. The zero-order valence-electron chi connectivity index (χ0n) is 9.97. The molecule has 1 aromatic carbocycles. The summed E-state index contributed by atoms with van der Waals surface area (Å²) in [5.41, 5.74) is -0.0144. The molecule has 2 rings (SSSR count). The van der Waals surface area contributed by atoms with Crippen molar-refractivity contribution in [2.45, 2.75) is 6.42 Å². The van der Waals surface area contributed by atoms with Crippen LogP contribution in [-0.4, -0.2) is 34.6 Å². The second-order valence-corrected chi connectivity index (χ2v) is 5.62. The SMILES string of the molecule is O=C(O)c1cc(Cl)cc(Br)c1N1CC(C(=O)O)CC1=O. The van der Waals surface area contributed by atoms with Gasteiger partial charge >= 0.3 is 11.9 Å². The summed E-state index contributed by atoms with van der Waals surface area (Å²) in [5.74, 6) is -3.59. The van der Waals surface area contributed by atoms with Gasteiger partial charge in [0.2, 0.25) is 5.91 Å². The first kappa shape index (κ1) is 14.8. The van der Waals surface area contributed by atoms with Gasteiger partial charge in [-0.05, 0) is 28.1 Å². The van der Waals surface area contributed by atoms with Crippen LogP contribution in [0.5, 0.6) is 0 Å². The standard InChI is InChI=1S/C12H9BrClNO5/c13-8-3-6(14)2-7(12(19)20)10(8)15-4-5(11(17)18)1-9(15)16/h2-3,5H,1,4H2,(H,17,18)(H,19,20). The molecule has 0 bridgehead atoms. The molecule has 1 heterocycles. The fraction of sp³-hybridized carbons (Fsp3) is 0.250. The van der Waals surface area contributed by atoms with E-state index < -0.39 is 23.8 Å². The van der Waals surface area contributed by atoms with Gasteiger partial charge in [-0.3, -0.25) is 9.59 Å². The molecule has 8 heteroatoms. The molecule has 1 fully saturated rings. The lowest BCUT2D eigenvalue weighted by molar-refractivity contribution is -0.141. The van der Waals surface area contributed by atoms with Crippen molar-refractivity contribution < 1.29 is 24.6 Å². The Morgan fingerprint density at radius 1 is 1.35 bits per heavy atom. The molecule has 1 amide bonds. The number of anilines is 1. The Hall–Kier alpha value is -1.60. The van der Waals surface area contributed by atoms with Gasteiger partial charge in [0.05, 0.1) is 17.2 Å². The van der Waals surface area contributed by atoms with Gasteiger partial charge in [0.1, 0.15) is 0 Å². The number of carbonyl (C=O) groups excluding carboxylic acids is 1. The maximum Gasteiger partial charge on any atom is 0.337 e. The van der Waals surface area contributed by atoms with E-state index in [1.165, 1.54) is 17.0 Å². The number of halogens is 2. The topological polar surface area (TPSA) is 94.9 Å². The van der Waals surface area contributed by atoms with Gasteiger partial charge in [-0.15, -0.1) is 0 Å². The first-order chi connectivity index (χ1) is 9.31. The molecule has 1 saturated heterocycles. The third kappa shape index (κ3) is 2.64. The van der Waals surface area contributed by atoms with E-state index in [0.29, 0.717) is 4.47 Å². The Morgan fingerprint density at radius 3 is 2.50 bits per heavy atom. The Labute approximate surface area is 127 Å². The maximum absolute atomic E-state index is 11.9. The first-order valence-electron chi connectivity index (χ1n) is 5.56. The van der Waals surface area contributed by atoms with Gasteiger partial charge in [-0.1, -0.05) is 11.6 Å². The van der Waals surface area contributed by atoms with Crippen LogP contribution in [-0.2, 0) is 9.59 Å². The average Bonchev–Trinajstić information content (AvgIpc) is 2.70. The molecule has 0 aromatic heterocycles. The van der Waals surface area contributed by atoms with Crippen LogP contribution in [0.2, 0.25) is 5.02 Å². The Balaban J connectivity index is 2.50. The van der Waals surface area contributed by atoms with Crippen LogP contribution in [0.1, 0.15) is 16.8 Å². The van der Waals surface area contributed by atoms with Gasteiger partial charge in [0, 0.05) is 22.5 Å². The second kappa shape index (κ2) is 5.41. The number of carbonyl (C=O) groups is 3. The Kier molecular flexibility index (Phi) is 4.01. The lowest BCUT2D eigenvalue weighted by Crippen LogP contribution is -2.28. The van der Waals surface area contributed by atoms with Crippen molar-refractivity contribution in [1.82, 2.24) is 0 Å². The number of benzene rings is 1. The predicted octanol–water partition coefficient (Wildman–Crippen LogP) is 2.24. The predicted molar refractivity (Wildman–Crippen MR) is 74.2 cm³/mol. The number of hydrogen-bond acceptors (Lipinski definition) is 3. The second-order valence-electron chi connectivity index (χ2n) is 4.33. The van der Waals surface area contributed by atoms with E-state index >= 15 is 0 Å². The summed E-state index contributed by atoms with van der Waals surface area (Å²) in [6, 6.07) is 2.69. The summed E-state index contributed by atoms with van der Waals surface area (Å²) in [6.07, 6.45) is -0.149. The number of rotatable bonds is 3. The number of nitrogens with zero attached hydrogens (tertiary/aromatic N) is 1. The van der Waals surface area contributed by atoms with E-state index in [-0.39, 0.29) is 29.2 Å². The molecule has 20 heavy (non-hydrogen) atoms. The number of hydrogen-bond donors (Lipinski definition) is 2. The largest absolute Gasteiger partial charge is 0.481 e. The van der Waals surface area contributed by atoms with E-state index in [2.05, 4.69) is 15.9 Å². The molecule has 0 aliphatic carbocycles. The molecule has 1 unspecified atom stereocenters. The van der Waals surface area contributed by atoms with E-state index in [1.807, 2.05) is 0 Å². The zero-order chi connectivity index (χ0) is 15.0. The minimum atomic E-state index is -1.24. The highest BCUT2D eigenvalue weighted by Crippen LogP contribution is 2.37. The Bertz CT molecular complexity index is 618. The summed E-state index contributed by atoms with van der Waals surface area (Å²) in [7, 11) is 0.